The maximum absolute atomic E-state index is 4.64. The monoisotopic (exact) mass is 494 g/mol. The summed E-state index contributed by atoms with van der Waals surface area (Å²) in [6.07, 6.45) is 8.06. The summed E-state index contributed by atoms with van der Waals surface area (Å²) in [5, 5.41) is -0.151. The van der Waals surface area contributed by atoms with Gasteiger partial charge in [-0.15, -0.1) is 9.24 Å². The molecule has 1 unspecified atom stereocenters. The second-order valence-electron chi connectivity index (χ2n) is 12.1. The van der Waals surface area contributed by atoms with Crippen LogP contribution in [0.1, 0.15) is 79.0 Å². The van der Waals surface area contributed by atoms with Crippen molar-refractivity contribution < 1.29 is 0 Å². The van der Waals surface area contributed by atoms with Crippen molar-refractivity contribution in [2.75, 3.05) is 0 Å². The van der Waals surface area contributed by atoms with Crippen LogP contribution in [0.3, 0.4) is 0 Å². The van der Waals surface area contributed by atoms with E-state index in [9.17, 15) is 0 Å². The summed E-state index contributed by atoms with van der Waals surface area (Å²) in [7, 11) is 2.30. The first-order valence-electron chi connectivity index (χ1n) is 11.9. The summed E-state index contributed by atoms with van der Waals surface area (Å²) in [4.78, 5) is 18.6. The van der Waals surface area contributed by atoms with E-state index in [1.807, 2.05) is 36.9 Å². The predicted molar refractivity (Wildman–Crippen MR) is 149 cm³/mol. The lowest BCUT2D eigenvalue weighted by molar-refractivity contribution is 0.139. The maximum Gasteiger partial charge on any atom is 0.158 e. The lowest BCUT2D eigenvalue weighted by atomic mass is 9.61. The zero-order valence-corrected chi connectivity index (χ0v) is 24.3. The predicted octanol–water partition coefficient (Wildman–Crippen LogP) is 6.36. The highest BCUT2D eigenvalue weighted by Gasteiger charge is 2.49. The van der Waals surface area contributed by atoms with Crippen molar-refractivity contribution in [3.05, 3.63) is 71.8 Å². The summed E-state index contributed by atoms with van der Waals surface area (Å²) in [6.45, 7) is 20.9. The molecule has 4 nitrogen and oxygen atoms in total. The Morgan fingerprint density at radius 1 is 0.706 bits per heavy atom. The molecule has 0 N–H and O–H groups in total. The van der Waals surface area contributed by atoms with Crippen LogP contribution < -0.4 is 11.1 Å². The minimum Gasteiger partial charge on any atom is -0.237 e. The highest BCUT2D eigenvalue weighted by atomic mass is 31.1. The average Bonchev–Trinajstić information content (AvgIpc) is 2.76. The molecule has 0 aliphatic rings. The highest BCUT2D eigenvalue weighted by molar-refractivity contribution is 7.71. The third-order valence-electron chi connectivity index (χ3n) is 6.68. The van der Waals surface area contributed by atoms with Crippen molar-refractivity contribution in [1.82, 2.24) is 19.9 Å². The van der Waals surface area contributed by atoms with E-state index in [4.69, 9.17) is 0 Å². The molecule has 34 heavy (non-hydrogen) atoms. The van der Waals surface area contributed by atoms with E-state index >= 15 is 0 Å². The van der Waals surface area contributed by atoms with E-state index in [0.717, 1.165) is 17.3 Å². The molecule has 0 fully saturated rings. The summed E-state index contributed by atoms with van der Waals surface area (Å²) in [5.74, 6) is 0. The van der Waals surface area contributed by atoms with E-state index in [-0.39, 0.29) is 21.4 Å². The number of hydrogen-bond donors (Lipinski definition) is 0. The molecule has 3 aromatic rings. The first-order chi connectivity index (χ1) is 15.7. The van der Waals surface area contributed by atoms with E-state index in [1.165, 1.54) is 16.7 Å². The molecule has 0 aliphatic heterocycles. The molecular formula is C28H40N4P2. The smallest absolute Gasteiger partial charge is 0.158 e. The van der Waals surface area contributed by atoms with E-state index in [0.29, 0.717) is 0 Å². The van der Waals surface area contributed by atoms with Gasteiger partial charge < -0.3 is 0 Å². The Kier molecular flexibility index (Phi) is 7.66. The molecule has 6 heteroatoms. The minimum atomic E-state index is -0.964. The molecule has 0 bridgehead atoms. The van der Waals surface area contributed by atoms with Crippen LogP contribution in [0.2, 0.25) is 0 Å². The van der Waals surface area contributed by atoms with E-state index in [2.05, 4.69) is 110 Å². The van der Waals surface area contributed by atoms with Gasteiger partial charge in [-0.05, 0) is 45.1 Å². The Labute approximate surface area is 209 Å². The van der Waals surface area contributed by atoms with Crippen LogP contribution >= 0.6 is 17.2 Å². The normalized spacial score (nSPS) is 13.4. The molecule has 0 saturated heterocycles. The highest BCUT2D eigenvalue weighted by Crippen LogP contribution is 2.59. The fourth-order valence-electron chi connectivity index (χ4n) is 4.77. The first kappa shape index (κ1) is 26.8. The first-order valence-corrected chi connectivity index (χ1v) is 14.0. The van der Waals surface area contributed by atoms with Gasteiger partial charge in [-0.3, -0.25) is 0 Å². The van der Waals surface area contributed by atoms with Crippen LogP contribution in [0.5, 0.6) is 0 Å². The number of aromatic nitrogens is 4. The van der Waals surface area contributed by atoms with E-state index in [1.54, 1.807) is 0 Å². The lowest BCUT2D eigenvalue weighted by Crippen LogP contribution is -2.46. The van der Waals surface area contributed by atoms with Crippen molar-refractivity contribution in [3.63, 3.8) is 0 Å². The number of benzene rings is 1. The van der Waals surface area contributed by atoms with Crippen molar-refractivity contribution in [2.24, 2.45) is 10.8 Å². The fraction of sp³-hybridized carbons (Fsp3) is 0.500. The van der Waals surface area contributed by atoms with Crippen LogP contribution in [0.4, 0.5) is 0 Å². The second kappa shape index (κ2) is 9.71. The molecular weight excluding hydrogens is 454 g/mol. The van der Waals surface area contributed by atoms with Crippen LogP contribution in [-0.4, -0.2) is 19.9 Å². The summed E-state index contributed by atoms with van der Waals surface area (Å²) in [5.41, 5.74) is 5.75. The Morgan fingerprint density at radius 2 is 1.15 bits per heavy atom. The lowest BCUT2D eigenvalue weighted by Gasteiger charge is -2.52. The standard InChI is InChI=1S/C28H40N4P2/c1-25(2,3)21-12-13-22(28(33,26(4,5)6)27(7,8)9)20(18-21)19-34(23-29-14-10-15-30-23)24-31-16-11-17-32-24/h10-18H,19,33H2,1-9H3. The molecule has 1 aromatic carbocycles. The van der Waals surface area contributed by atoms with Crippen LogP contribution in [0.15, 0.2) is 55.1 Å². The quantitative estimate of drug-likeness (QED) is 0.387. The Balaban J connectivity index is 2.28. The fourth-order valence-corrected chi connectivity index (χ4v) is 6.94. The van der Waals surface area contributed by atoms with Gasteiger partial charge in [-0.25, -0.2) is 19.9 Å². The van der Waals surface area contributed by atoms with Gasteiger partial charge in [0.2, 0.25) is 0 Å². The van der Waals surface area contributed by atoms with Gasteiger partial charge >= 0.3 is 0 Å². The van der Waals surface area contributed by atoms with E-state index < -0.39 is 7.92 Å². The Morgan fingerprint density at radius 3 is 1.53 bits per heavy atom. The largest absolute Gasteiger partial charge is 0.237 e. The molecule has 0 aliphatic carbocycles. The van der Waals surface area contributed by atoms with Crippen LogP contribution in [-0.2, 0) is 16.7 Å². The molecule has 0 saturated carbocycles. The average molecular weight is 495 g/mol. The molecule has 3 rings (SSSR count). The summed E-state index contributed by atoms with van der Waals surface area (Å²) < 4.78 is 0. The SMILES string of the molecule is CC(C)(C)c1ccc(C(P)(C(C)(C)C)C(C)(C)C)c(CP(c2ncccn2)c2ncccn2)c1. The van der Waals surface area contributed by atoms with Gasteiger partial charge in [-0.2, -0.15) is 0 Å². The third-order valence-corrected chi connectivity index (χ3v) is 10.8. The Bertz CT molecular complexity index is 1040. The van der Waals surface area contributed by atoms with Crippen molar-refractivity contribution in [3.8, 4) is 0 Å². The molecule has 0 spiro atoms. The number of nitrogens with zero attached hydrogens (tertiary/aromatic N) is 4. The molecule has 2 heterocycles. The third kappa shape index (κ3) is 5.39. The van der Waals surface area contributed by atoms with Crippen molar-refractivity contribution >= 4 is 28.3 Å². The molecule has 1 atom stereocenters. The topological polar surface area (TPSA) is 51.6 Å². The zero-order valence-electron chi connectivity index (χ0n) is 22.2. The van der Waals surface area contributed by atoms with Crippen molar-refractivity contribution in [1.29, 1.82) is 0 Å². The maximum atomic E-state index is 4.64. The summed E-state index contributed by atoms with van der Waals surface area (Å²) in [6, 6.07) is 10.8. The number of rotatable bonds is 5. The van der Waals surface area contributed by atoms with Gasteiger partial charge in [-0.1, -0.05) is 80.5 Å². The second-order valence-corrected chi connectivity index (χ2v) is 15.0. The van der Waals surface area contributed by atoms with Crippen LogP contribution in [0.25, 0.3) is 0 Å². The van der Waals surface area contributed by atoms with Gasteiger partial charge in [0, 0.05) is 44.0 Å². The van der Waals surface area contributed by atoms with Gasteiger partial charge in [0.25, 0.3) is 0 Å². The van der Waals surface area contributed by atoms with Crippen LogP contribution in [0, 0.1) is 10.8 Å². The molecule has 0 amide bonds. The van der Waals surface area contributed by atoms with Gasteiger partial charge in [0.1, 0.15) is 0 Å². The van der Waals surface area contributed by atoms with Crippen molar-refractivity contribution in [2.45, 2.75) is 79.0 Å². The number of hydrogen-bond acceptors (Lipinski definition) is 4. The zero-order chi connectivity index (χ0) is 25.4. The minimum absolute atomic E-state index is 0.0170. The Hall–Kier alpha value is -1.76. The molecule has 0 radical (unpaired) electrons. The summed E-state index contributed by atoms with van der Waals surface area (Å²) >= 11 is 0. The van der Waals surface area contributed by atoms with Gasteiger partial charge in [0.15, 0.2) is 11.1 Å². The van der Waals surface area contributed by atoms with Gasteiger partial charge in [0.05, 0.1) is 0 Å². The molecule has 2 aromatic heterocycles. The molecule has 182 valence electrons.